The summed E-state index contributed by atoms with van der Waals surface area (Å²) < 4.78 is 0. The number of hydrogen-bond acceptors (Lipinski definition) is 16. The molecule has 14 aromatic rings. The van der Waals surface area contributed by atoms with Crippen LogP contribution in [0.5, 0.6) is 0 Å². The van der Waals surface area contributed by atoms with E-state index < -0.39 is 42.4 Å². The van der Waals surface area contributed by atoms with Gasteiger partial charge in [-0.15, -0.1) is 19.4 Å². The summed E-state index contributed by atoms with van der Waals surface area (Å²) in [6, 6.07) is 55.4. The molecule has 28 heteroatoms. The van der Waals surface area contributed by atoms with E-state index in [1.807, 2.05) is 155 Å². The predicted octanol–water partition coefficient (Wildman–Crippen LogP) is 9.81. The van der Waals surface area contributed by atoms with Crippen molar-refractivity contribution in [3.63, 3.8) is 0 Å². The van der Waals surface area contributed by atoms with Crippen molar-refractivity contribution < 1.29 is 39.1 Å². The minimum absolute atomic E-state index is 0.219. The molecule has 4 aromatic heterocycles. The van der Waals surface area contributed by atoms with Gasteiger partial charge in [0.2, 0.25) is 33.1 Å². The highest BCUT2D eigenvalue weighted by Crippen LogP contribution is 2.31. The number of benzene rings is 10. The van der Waals surface area contributed by atoms with Crippen LogP contribution < -0.4 is 19.4 Å². The van der Waals surface area contributed by atoms with Crippen molar-refractivity contribution >= 4 is 88.4 Å². The van der Waals surface area contributed by atoms with Crippen molar-refractivity contribution in [1.29, 1.82) is 0 Å². The van der Waals surface area contributed by atoms with Crippen LogP contribution in [0.2, 0.25) is 0 Å². The monoisotopic (exact) mass is 1180 g/mol. The second kappa shape index (κ2) is 23.0. The average Bonchev–Trinajstić information content (AvgIpc) is 2.77. The molecule has 0 spiro atoms. The van der Waals surface area contributed by atoms with Crippen LogP contribution in [0, 0.1) is 89.0 Å². The molecule has 0 bridgehead atoms. The first kappa shape index (κ1) is 57.0. The summed E-state index contributed by atoms with van der Waals surface area (Å²) in [7, 11) is 0. The number of aromatic nitrogens is 12. The van der Waals surface area contributed by atoms with E-state index in [-0.39, 0.29) is 22.1 Å². The normalized spacial score (nSPS) is 11.0. The number of nitro groups is 4. The van der Waals surface area contributed by atoms with Gasteiger partial charge in [-0.25, -0.2) is 0 Å². The third-order valence-electron chi connectivity index (χ3n) is 14.0. The number of nitro benzene ring substituents is 4. The molecule has 0 aliphatic carbocycles. The molecule has 0 atom stereocenters. The van der Waals surface area contributed by atoms with Gasteiger partial charge < -0.3 is 20.8 Å². The maximum Gasteiger partial charge on any atom is 0.334 e. The van der Waals surface area contributed by atoms with Crippen molar-refractivity contribution in [2.45, 2.75) is 27.7 Å². The van der Waals surface area contributed by atoms with Gasteiger partial charge in [0.25, 0.3) is 11.4 Å². The first-order valence-corrected chi connectivity index (χ1v) is 26.4. The average molecular weight is 1180 g/mol. The van der Waals surface area contributed by atoms with Gasteiger partial charge in [-0.05, 0) is 140 Å². The number of aryl methyl sites for hydroxylation is 4. The summed E-state index contributed by atoms with van der Waals surface area (Å²) in [5.41, 5.74) is 6.01. The first-order chi connectivity index (χ1) is 42.2. The predicted molar refractivity (Wildman–Crippen MR) is 321 cm³/mol. The molecule has 0 aliphatic rings. The molecule has 0 saturated carbocycles. The Morgan fingerprint density at radius 2 is 0.784 bits per heavy atom. The van der Waals surface area contributed by atoms with E-state index in [1.54, 1.807) is 42.5 Å². The minimum atomic E-state index is -0.799. The number of non-ortho nitro benzene ring substituents is 4. The van der Waals surface area contributed by atoms with Crippen LogP contribution in [0.15, 0.2) is 194 Å². The third-order valence-corrected chi connectivity index (χ3v) is 14.0. The molecule has 10 aromatic carbocycles. The van der Waals surface area contributed by atoms with Gasteiger partial charge >= 0.3 is 22.4 Å². The first-order valence-electron chi connectivity index (χ1n) is 26.4. The highest BCUT2D eigenvalue weighted by Gasteiger charge is 2.33. The van der Waals surface area contributed by atoms with Crippen LogP contribution in [0.25, 0.3) is 88.4 Å². The summed E-state index contributed by atoms with van der Waals surface area (Å²) in [4.78, 5) is 48.3. The maximum absolute atomic E-state index is 12.7. The summed E-state index contributed by atoms with van der Waals surface area (Å²) in [6.45, 7) is 7.90. The summed E-state index contributed by atoms with van der Waals surface area (Å²) in [5, 5.41) is 114. The summed E-state index contributed by atoms with van der Waals surface area (Å²) >= 11 is 0. The molecule has 436 valence electrons. The SMILES string of the molecule is Cc1ccc(-n2nc3ccc(C)cc3[n+]2[O-])cc1.Cc1ccc2nn(-c3ccccc3C)[n+]([O-])c2c1.O=[N+]([O-])c1cc([N+](=O)[O-])c2nn(-c3ccc4ccccc4c3)[n+]([O-])c2c1.O=[N+]([O-])c1cc([N+](=O)[O-])c2nn(-c3cccc4ccccc34)[n+]([O-])c2c1. The lowest BCUT2D eigenvalue weighted by atomic mass is 10.1. The van der Waals surface area contributed by atoms with Crippen molar-refractivity contribution in [1.82, 2.24) is 39.6 Å². The fourth-order valence-electron chi connectivity index (χ4n) is 9.65. The Hall–Kier alpha value is -12.9. The fraction of sp³-hybridized carbons (Fsp3) is 0.0667. The maximum atomic E-state index is 12.7. The number of nitrogens with zero attached hydrogens (tertiary/aromatic N) is 16. The van der Waals surface area contributed by atoms with Gasteiger partial charge in [-0.3, -0.25) is 40.5 Å². The molecule has 0 radical (unpaired) electrons. The van der Waals surface area contributed by atoms with E-state index in [4.69, 9.17) is 0 Å². The molecule has 0 unspecified atom stereocenters. The molecule has 14 rings (SSSR count). The Bertz CT molecular complexity index is 5130. The molecule has 0 fully saturated rings. The molecular weight excluding hydrogens is 1140 g/mol. The van der Waals surface area contributed by atoms with Crippen molar-refractivity contribution in [2.24, 2.45) is 0 Å². The van der Waals surface area contributed by atoms with Crippen molar-refractivity contribution in [3.05, 3.63) is 278 Å². The van der Waals surface area contributed by atoms with Gasteiger partial charge in [0, 0.05) is 5.39 Å². The standard InChI is InChI=1S/2C16H9N5O5.2C14H13N3O/c22-19-14-8-11(20(23)24)9-15(21(25)26)16(14)17-18(19)13-7-3-5-10-4-1-2-6-12(10)13;22-19-14-8-13(20(23)24)9-15(21(25)26)16(14)17-18(19)12-6-5-10-3-1-2-4-11(10)7-12;1-10-3-6-12(7-4-10)16-15-13-8-5-11(2)9-14(13)17(16)18;1-10-7-8-12-14(9-10)17(18)16(15-12)13-6-4-3-5-11(13)2/h2*1-9H;2*3-9H,1-2H3. The zero-order chi connectivity index (χ0) is 62.2. The van der Waals surface area contributed by atoms with Crippen LogP contribution >= 0.6 is 0 Å². The van der Waals surface area contributed by atoms with E-state index in [9.17, 15) is 61.3 Å². The van der Waals surface area contributed by atoms with Crippen molar-refractivity contribution in [3.8, 4) is 22.7 Å². The van der Waals surface area contributed by atoms with Crippen LogP contribution in [-0.2, 0) is 0 Å². The van der Waals surface area contributed by atoms with Crippen LogP contribution in [-0.4, -0.2) is 59.3 Å². The largest absolute Gasteiger partial charge is 0.692 e. The van der Waals surface area contributed by atoms with Crippen LogP contribution in [0.4, 0.5) is 22.7 Å². The quantitative estimate of drug-likeness (QED) is 0.0591. The molecule has 0 N–H and O–H groups in total. The van der Waals surface area contributed by atoms with Gasteiger partial charge in [-0.2, -0.15) is 0 Å². The highest BCUT2D eigenvalue weighted by molar-refractivity contribution is 5.91. The Kier molecular flexibility index (Phi) is 14.9. The Morgan fingerprint density at radius 1 is 0.352 bits per heavy atom. The van der Waals surface area contributed by atoms with E-state index in [0.717, 1.165) is 93.3 Å². The lowest BCUT2D eigenvalue weighted by Crippen LogP contribution is -2.37. The number of hydrogen-bond donors (Lipinski definition) is 0. The fourth-order valence-corrected chi connectivity index (χ4v) is 9.65. The van der Waals surface area contributed by atoms with Gasteiger partial charge in [0.15, 0.2) is 0 Å². The summed E-state index contributed by atoms with van der Waals surface area (Å²) in [6.07, 6.45) is 0. The third kappa shape index (κ3) is 10.9. The molecule has 4 heterocycles. The number of para-hydroxylation sites is 1. The Balaban J connectivity index is 0.000000123. The topological polar surface area (TPSA) is 352 Å². The van der Waals surface area contributed by atoms with Crippen LogP contribution in [0.3, 0.4) is 0 Å². The minimum Gasteiger partial charge on any atom is -0.692 e. The lowest BCUT2D eigenvalue weighted by Gasteiger charge is -2.06. The zero-order valence-corrected chi connectivity index (χ0v) is 46.5. The van der Waals surface area contributed by atoms with Gasteiger partial charge in [0.1, 0.15) is 22.7 Å². The number of fused-ring (bicyclic) bond motifs is 6. The zero-order valence-electron chi connectivity index (χ0n) is 46.5. The molecule has 88 heavy (non-hydrogen) atoms. The highest BCUT2D eigenvalue weighted by atomic mass is 16.6. The molecular formula is C60H44N16O12. The molecule has 28 nitrogen and oxygen atoms in total. The van der Waals surface area contributed by atoms with Crippen molar-refractivity contribution in [2.75, 3.05) is 0 Å². The summed E-state index contributed by atoms with van der Waals surface area (Å²) in [5.74, 6) is 0. The van der Waals surface area contributed by atoms with Gasteiger partial charge in [0.05, 0.1) is 64.4 Å². The number of rotatable bonds is 8. The van der Waals surface area contributed by atoms with E-state index >= 15 is 0 Å². The Labute approximate surface area is 493 Å². The van der Waals surface area contributed by atoms with E-state index in [0.29, 0.717) is 48.5 Å². The smallest absolute Gasteiger partial charge is 0.334 e. The van der Waals surface area contributed by atoms with E-state index in [1.165, 1.54) is 9.59 Å². The van der Waals surface area contributed by atoms with Gasteiger partial charge in [-0.1, -0.05) is 115 Å². The van der Waals surface area contributed by atoms with Crippen LogP contribution in [0.1, 0.15) is 22.3 Å². The second-order valence-corrected chi connectivity index (χ2v) is 20.0. The Morgan fingerprint density at radius 3 is 1.36 bits per heavy atom. The molecule has 0 amide bonds. The molecule has 0 aliphatic heterocycles. The lowest BCUT2D eigenvalue weighted by molar-refractivity contribution is -0.664. The van der Waals surface area contributed by atoms with E-state index in [2.05, 4.69) is 20.4 Å². The second-order valence-electron chi connectivity index (χ2n) is 20.0. The molecule has 0 saturated heterocycles.